The van der Waals surface area contributed by atoms with Gasteiger partial charge in [0.15, 0.2) is 0 Å². The van der Waals surface area contributed by atoms with Crippen molar-refractivity contribution in [3.63, 3.8) is 0 Å². The maximum Gasteiger partial charge on any atom is 0.341 e. The average Bonchev–Trinajstić information content (AvgIpc) is 3.28. The van der Waals surface area contributed by atoms with E-state index in [1.54, 1.807) is 12.3 Å². The van der Waals surface area contributed by atoms with E-state index in [1.165, 1.54) is 17.4 Å². The smallest absolute Gasteiger partial charge is 0.341 e. The van der Waals surface area contributed by atoms with Gasteiger partial charge in [-0.15, -0.1) is 11.3 Å². The number of amides is 1. The Hall–Kier alpha value is -3.89. The summed E-state index contributed by atoms with van der Waals surface area (Å²) in [4.78, 5) is 27.9. The summed E-state index contributed by atoms with van der Waals surface area (Å²) in [6.07, 6.45) is 1.54. The van der Waals surface area contributed by atoms with Crippen molar-refractivity contribution in [3.8, 4) is 17.2 Å². The van der Waals surface area contributed by atoms with Crippen molar-refractivity contribution in [2.24, 2.45) is 0 Å². The number of benzene rings is 2. The van der Waals surface area contributed by atoms with Crippen LogP contribution in [0.25, 0.3) is 17.2 Å². The molecule has 0 unspecified atom stereocenters. The Bertz CT molecular complexity index is 1200. The Labute approximate surface area is 204 Å². The molecular weight excluding hydrogens is 446 g/mol. The van der Waals surface area contributed by atoms with Crippen molar-refractivity contribution in [1.29, 1.82) is 5.26 Å². The van der Waals surface area contributed by atoms with E-state index in [9.17, 15) is 14.9 Å². The molecule has 0 atom stereocenters. The Morgan fingerprint density at radius 3 is 2.32 bits per heavy atom. The molecule has 1 heterocycles. The lowest BCUT2D eigenvalue weighted by Crippen LogP contribution is -2.21. The first kappa shape index (κ1) is 24.7. The Balaban J connectivity index is 1.88. The lowest BCUT2D eigenvalue weighted by atomic mass is 10.0. The second-order valence-electron chi connectivity index (χ2n) is 7.33. The van der Waals surface area contributed by atoms with E-state index in [-0.39, 0.29) is 17.7 Å². The summed E-state index contributed by atoms with van der Waals surface area (Å²) in [6, 6.07) is 19.1. The van der Waals surface area contributed by atoms with E-state index in [4.69, 9.17) is 4.74 Å². The summed E-state index contributed by atoms with van der Waals surface area (Å²) in [5.74, 6) is -1.10. The molecule has 0 aliphatic rings. The van der Waals surface area contributed by atoms with Gasteiger partial charge in [0.2, 0.25) is 0 Å². The molecule has 1 aromatic heterocycles. The number of thiophene rings is 1. The topological polar surface area (TPSA) is 82.4 Å². The van der Waals surface area contributed by atoms with Gasteiger partial charge in [-0.05, 0) is 50.1 Å². The fourth-order valence-electron chi connectivity index (χ4n) is 3.54. The molecule has 3 aromatic rings. The van der Waals surface area contributed by atoms with E-state index in [2.05, 4.69) is 24.1 Å². The molecule has 0 spiro atoms. The second-order valence-corrected chi connectivity index (χ2v) is 8.21. The van der Waals surface area contributed by atoms with Crippen LogP contribution in [0.15, 0.2) is 65.6 Å². The molecule has 0 fully saturated rings. The highest BCUT2D eigenvalue weighted by Crippen LogP contribution is 2.36. The van der Waals surface area contributed by atoms with Gasteiger partial charge in [-0.1, -0.05) is 42.5 Å². The minimum Gasteiger partial charge on any atom is -0.462 e. The molecule has 0 saturated heterocycles. The second kappa shape index (κ2) is 11.8. The largest absolute Gasteiger partial charge is 0.462 e. The SMILES string of the molecule is CCOC(=O)c1c(-c2ccccc2)csc1NC(=O)/C(C#N)=C/c1ccc(N(CC)CC)cc1. The van der Waals surface area contributed by atoms with Crippen LogP contribution in [-0.2, 0) is 9.53 Å². The van der Waals surface area contributed by atoms with Gasteiger partial charge in [0.25, 0.3) is 5.91 Å². The van der Waals surface area contributed by atoms with Crippen molar-refractivity contribution >= 4 is 40.0 Å². The number of hydrogen-bond donors (Lipinski definition) is 1. The fraction of sp³-hybridized carbons (Fsp3) is 0.222. The number of carbonyl (C=O) groups excluding carboxylic acids is 2. The van der Waals surface area contributed by atoms with Crippen LogP contribution in [0, 0.1) is 11.3 Å². The molecule has 3 rings (SSSR count). The standard InChI is InChI=1S/C27H27N3O3S/c1-4-30(5-2)22-14-12-19(13-15-22)16-21(17-28)25(31)29-26-24(27(32)33-6-3)23(18-34-26)20-10-8-7-9-11-20/h7-16,18H,4-6H2,1-3H3,(H,29,31)/b21-16+. The van der Waals surface area contributed by atoms with Crippen LogP contribution in [0.3, 0.4) is 0 Å². The quantitative estimate of drug-likeness (QED) is 0.235. The molecule has 6 nitrogen and oxygen atoms in total. The van der Waals surface area contributed by atoms with Gasteiger partial charge < -0.3 is 15.0 Å². The van der Waals surface area contributed by atoms with E-state index in [0.717, 1.165) is 29.9 Å². The molecular formula is C27H27N3O3S. The summed E-state index contributed by atoms with van der Waals surface area (Å²) < 4.78 is 5.23. The summed E-state index contributed by atoms with van der Waals surface area (Å²) in [5, 5.41) is 14.5. The van der Waals surface area contributed by atoms with Crippen LogP contribution in [-0.4, -0.2) is 31.6 Å². The van der Waals surface area contributed by atoms with E-state index in [0.29, 0.717) is 10.6 Å². The predicted molar refractivity (Wildman–Crippen MR) is 138 cm³/mol. The molecule has 0 bridgehead atoms. The van der Waals surface area contributed by atoms with Gasteiger partial charge in [0, 0.05) is 29.7 Å². The summed E-state index contributed by atoms with van der Waals surface area (Å²) in [7, 11) is 0. The van der Waals surface area contributed by atoms with E-state index < -0.39 is 11.9 Å². The van der Waals surface area contributed by atoms with Crippen molar-refractivity contribution in [2.45, 2.75) is 20.8 Å². The van der Waals surface area contributed by atoms with E-state index >= 15 is 0 Å². The molecule has 7 heteroatoms. The van der Waals surface area contributed by atoms with Crippen molar-refractivity contribution < 1.29 is 14.3 Å². The number of rotatable bonds is 9. The number of hydrogen-bond acceptors (Lipinski definition) is 6. The van der Waals surface area contributed by atoms with Crippen LogP contribution in [0.4, 0.5) is 10.7 Å². The normalized spacial score (nSPS) is 10.9. The van der Waals surface area contributed by atoms with Crippen molar-refractivity contribution in [3.05, 3.63) is 76.7 Å². The molecule has 1 N–H and O–H groups in total. The number of esters is 1. The van der Waals surface area contributed by atoms with Crippen LogP contribution in [0.1, 0.15) is 36.7 Å². The minimum absolute atomic E-state index is 0.0555. The highest BCUT2D eigenvalue weighted by Gasteiger charge is 2.23. The number of anilines is 2. The van der Waals surface area contributed by atoms with Crippen LogP contribution < -0.4 is 10.2 Å². The number of carbonyl (C=O) groups is 2. The highest BCUT2D eigenvalue weighted by molar-refractivity contribution is 7.15. The fourth-order valence-corrected chi connectivity index (χ4v) is 4.49. The maximum atomic E-state index is 12.9. The third-order valence-corrected chi connectivity index (χ3v) is 6.18. The van der Waals surface area contributed by atoms with Crippen molar-refractivity contribution in [1.82, 2.24) is 0 Å². The zero-order valence-electron chi connectivity index (χ0n) is 19.5. The lowest BCUT2D eigenvalue weighted by Gasteiger charge is -2.20. The zero-order chi connectivity index (χ0) is 24.5. The molecule has 0 radical (unpaired) electrons. The lowest BCUT2D eigenvalue weighted by molar-refractivity contribution is -0.112. The molecule has 174 valence electrons. The first-order valence-electron chi connectivity index (χ1n) is 11.1. The first-order chi connectivity index (χ1) is 16.5. The third-order valence-electron chi connectivity index (χ3n) is 5.28. The van der Waals surface area contributed by atoms with E-state index in [1.807, 2.05) is 60.7 Å². The molecule has 1 amide bonds. The third kappa shape index (κ3) is 5.72. The predicted octanol–water partition coefficient (Wildman–Crippen LogP) is 5.98. The Morgan fingerprint density at radius 2 is 1.74 bits per heavy atom. The van der Waals surface area contributed by atoms with Crippen LogP contribution in [0.5, 0.6) is 0 Å². The molecule has 0 aliphatic carbocycles. The Kier molecular flexibility index (Phi) is 8.60. The number of nitrogens with one attached hydrogen (secondary N) is 1. The molecule has 0 saturated carbocycles. The van der Waals surface area contributed by atoms with Gasteiger partial charge in [-0.2, -0.15) is 5.26 Å². The monoisotopic (exact) mass is 473 g/mol. The molecule has 0 aliphatic heterocycles. The Morgan fingerprint density at radius 1 is 1.06 bits per heavy atom. The molecule has 34 heavy (non-hydrogen) atoms. The number of nitrogens with zero attached hydrogens (tertiary/aromatic N) is 2. The van der Waals surface area contributed by atoms with Crippen molar-refractivity contribution in [2.75, 3.05) is 29.9 Å². The van der Waals surface area contributed by atoms with Gasteiger partial charge in [-0.25, -0.2) is 4.79 Å². The van der Waals surface area contributed by atoms with Crippen LogP contribution in [0.2, 0.25) is 0 Å². The summed E-state index contributed by atoms with van der Waals surface area (Å²) >= 11 is 1.22. The van der Waals surface area contributed by atoms with Gasteiger partial charge in [0.05, 0.1) is 6.61 Å². The molecule has 2 aromatic carbocycles. The van der Waals surface area contributed by atoms with Crippen LogP contribution >= 0.6 is 11.3 Å². The van der Waals surface area contributed by atoms with Gasteiger partial charge in [-0.3, -0.25) is 4.79 Å². The minimum atomic E-state index is -0.581. The highest BCUT2D eigenvalue weighted by atomic mass is 32.1. The maximum absolute atomic E-state index is 12.9. The van der Waals surface area contributed by atoms with Gasteiger partial charge >= 0.3 is 5.97 Å². The number of nitriles is 1. The first-order valence-corrected chi connectivity index (χ1v) is 12.0. The zero-order valence-corrected chi connectivity index (χ0v) is 20.3. The summed E-state index contributed by atoms with van der Waals surface area (Å²) in [6.45, 7) is 7.91. The van der Waals surface area contributed by atoms with Gasteiger partial charge in [0.1, 0.15) is 22.2 Å². The summed E-state index contributed by atoms with van der Waals surface area (Å²) in [5.41, 5.74) is 3.56. The number of ether oxygens (including phenoxy) is 1. The average molecular weight is 474 g/mol.